The molecule has 0 saturated carbocycles. The average molecular weight is 319 g/mol. The maximum absolute atomic E-state index is 13.1. The molecule has 1 unspecified atom stereocenters. The lowest BCUT2D eigenvalue weighted by Gasteiger charge is -2.15. The first-order valence-corrected chi connectivity index (χ1v) is 7.39. The first kappa shape index (κ1) is 16.9. The van der Waals surface area contributed by atoms with Crippen molar-refractivity contribution in [3.63, 3.8) is 0 Å². The van der Waals surface area contributed by atoms with E-state index in [9.17, 15) is 13.6 Å². The molecule has 1 amide bonds. The fraction of sp³-hybridized carbons (Fsp3) is 0.278. The Morgan fingerprint density at radius 1 is 1.00 bits per heavy atom. The van der Waals surface area contributed by atoms with Crippen LogP contribution in [0.1, 0.15) is 32.3 Å². The molecule has 0 aromatic heterocycles. The van der Waals surface area contributed by atoms with E-state index in [0.29, 0.717) is 11.6 Å². The molecule has 0 bridgehead atoms. The standard InChI is InChI=1S/C18H19F2NO2/c1-11(2)13-4-6-14(7-5-13)21-18(22)12(3)23-15-8-9-16(19)17(20)10-15/h4-12H,1-3H3,(H,21,22). The molecule has 5 heteroatoms. The Morgan fingerprint density at radius 2 is 1.65 bits per heavy atom. The van der Waals surface area contributed by atoms with Gasteiger partial charge in [0.2, 0.25) is 0 Å². The first-order chi connectivity index (χ1) is 10.9. The van der Waals surface area contributed by atoms with Gasteiger partial charge in [0.05, 0.1) is 0 Å². The maximum Gasteiger partial charge on any atom is 0.265 e. The number of nitrogens with one attached hydrogen (secondary N) is 1. The number of carbonyl (C=O) groups is 1. The Labute approximate surface area is 134 Å². The molecule has 23 heavy (non-hydrogen) atoms. The lowest BCUT2D eigenvalue weighted by atomic mass is 10.0. The van der Waals surface area contributed by atoms with Crippen LogP contribution in [0.4, 0.5) is 14.5 Å². The number of carbonyl (C=O) groups excluding carboxylic acids is 1. The molecule has 0 spiro atoms. The molecule has 2 aromatic carbocycles. The van der Waals surface area contributed by atoms with Crippen LogP contribution in [0.5, 0.6) is 5.75 Å². The summed E-state index contributed by atoms with van der Waals surface area (Å²) in [6, 6.07) is 10.7. The Balaban J connectivity index is 1.97. The molecule has 2 rings (SSSR count). The van der Waals surface area contributed by atoms with Crippen LogP contribution < -0.4 is 10.1 Å². The smallest absolute Gasteiger partial charge is 0.265 e. The van der Waals surface area contributed by atoms with Crippen LogP contribution in [0, 0.1) is 11.6 Å². The van der Waals surface area contributed by atoms with Crippen molar-refractivity contribution in [1.29, 1.82) is 0 Å². The van der Waals surface area contributed by atoms with Gasteiger partial charge in [-0.2, -0.15) is 0 Å². The van der Waals surface area contributed by atoms with Gasteiger partial charge in [0.1, 0.15) is 5.75 Å². The van der Waals surface area contributed by atoms with Gasteiger partial charge < -0.3 is 10.1 Å². The summed E-state index contributed by atoms with van der Waals surface area (Å²) >= 11 is 0. The number of amides is 1. The summed E-state index contributed by atoms with van der Waals surface area (Å²) in [5.74, 6) is -1.83. The highest BCUT2D eigenvalue weighted by Gasteiger charge is 2.16. The highest BCUT2D eigenvalue weighted by Crippen LogP contribution is 2.19. The van der Waals surface area contributed by atoms with Crippen LogP contribution in [0.2, 0.25) is 0 Å². The van der Waals surface area contributed by atoms with Gasteiger partial charge in [-0.05, 0) is 42.7 Å². The molecule has 2 aromatic rings. The van der Waals surface area contributed by atoms with E-state index in [1.165, 1.54) is 11.6 Å². The van der Waals surface area contributed by atoms with Gasteiger partial charge in [-0.3, -0.25) is 4.79 Å². The largest absolute Gasteiger partial charge is 0.481 e. The second-order valence-electron chi connectivity index (χ2n) is 5.60. The van der Waals surface area contributed by atoms with Crippen molar-refractivity contribution in [2.75, 3.05) is 5.32 Å². The van der Waals surface area contributed by atoms with E-state index in [1.807, 2.05) is 24.3 Å². The van der Waals surface area contributed by atoms with E-state index < -0.39 is 17.7 Å². The van der Waals surface area contributed by atoms with Crippen molar-refractivity contribution >= 4 is 11.6 Å². The Hall–Kier alpha value is -2.43. The second kappa shape index (κ2) is 7.22. The van der Waals surface area contributed by atoms with Crippen LogP contribution in [0.15, 0.2) is 42.5 Å². The van der Waals surface area contributed by atoms with Gasteiger partial charge in [-0.1, -0.05) is 26.0 Å². The zero-order valence-corrected chi connectivity index (χ0v) is 13.3. The van der Waals surface area contributed by atoms with E-state index in [1.54, 1.807) is 6.92 Å². The molecule has 1 N–H and O–H groups in total. The van der Waals surface area contributed by atoms with Crippen molar-refractivity contribution in [3.8, 4) is 5.75 Å². The zero-order valence-electron chi connectivity index (χ0n) is 13.3. The minimum absolute atomic E-state index is 0.0988. The zero-order chi connectivity index (χ0) is 17.0. The number of anilines is 1. The predicted octanol–water partition coefficient (Wildman–Crippen LogP) is 4.49. The van der Waals surface area contributed by atoms with Crippen LogP contribution in [-0.2, 0) is 4.79 Å². The van der Waals surface area contributed by atoms with Gasteiger partial charge in [-0.15, -0.1) is 0 Å². The molecule has 0 aliphatic carbocycles. The molecule has 0 radical (unpaired) electrons. The highest BCUT2D eigenvalue weighted by atomic mass is 19.2. The molecule has 0 fully saturated rings. The Kier molecular flexibility index (Phi) is 5.32. The van der Waals surface area contributed by atoms with Gasteiger partial charge in [0.25, 0.3) is 5.91 Å². The summed E-state index contributed by atoms with van der Waals surface area (Å²) in [6.45, 7) is 5.72. The minimum Gasteiger partial charge on any atom is -0.481 e. The summed E-state index contributed by atoms with van der Waals surface area (Å²) in [5.41, 5.74) is 1.83. The van der Waals surface area contributed by atoms with Crippen molar-refractivity contribution < 1.29 is 18.3 Å². The summed E-state index contributed by atoms with van der Waals surface area (Å²) in [5, 5.41) is 2.72. The highest BCUT2D eigenvalue weighted by molar-refractivity contribution is 5.94. The van der Waals surface area contributed by atoms with Gasteiger partial charge >= 0.3 is 0 Å². The fourth-order valence-corrected chi connectivity index (χ4v) is 2.00. The molecule has 0 heterocycles. The fourth-order valence-electron chi connectivity index (χ4n) is 2.00. The van der Waals surface area contributed by atoms with E-state index in [2.05, 4.69) is 19.2 Å². The summed E-state index contributed by atoms with van der Waals surface area (Å²) in [7, 11) is 0. The van der Waals surface area contributed by atoms with Crippen molar-refractivity contribution in [2.45, 2.75) is 32.8 Å². The van der Waals surface area contributed by atoms with E-state index in [0.717, 1.165) is 12.1 Å². The quantitative estimate of drug-likeness (QED) is 0.881. The van der Waals surface area contributed by atoms with Gasteiger partial charge in [-0.25, -0.2) is 8.78 Å². The van der Waals surface area contributed by atoms with Crippen LogP contribution in [-0.4, -0.2) is 12.0 Å². The minimum atomic E-state index is -1.01. The van der Waals surface area contributed by atoms with Crippen LogP contribution in [0.3, 0.4) is 0 Å². The van der Waals surface area contributed by atoms with Crippen molar-refractivity contribution in [1.82, 2.24) is 0 Å². The summed E-state index contributed by atoms with van der Waals surface area (Å²) < 4.78 is 31.3. The second-order valence-corrected chi connectivity index (χ2v) is 5.60. The SMILES string of the molecule is CC(Oc1ccc(F)c(F)c1)C(=O)Nc1ccc(C(C)C)cc1. The summed E-state index contributed by atoms with van der Waals surface area (Å²) in [4.78, 5) is 12.1. The number of ether oxygens (including phenoxy) is 1. The molecule has 0 aliphatic rings. The van der Waals surface area contributed by atoms with E-state index in [4.69, 9.17) is 4.74 Å². The lowest BCUT2D eigenvalue weighted by Crippen LogP contribution is -2.30. The number of hydrogen-bond acceptors (Lipinski definition) is 2. The summed E-state index contributed by atoms with van der Waals surface area (Å²) in [6.07, 6.45) is -0.843. The molecule has 0 aliphatic heterocycles. The normalized spacial score (nSPS) is 12.1. The monoisotopic (exact) mass is 319 g/mol. The van der Waals surface area contributed by atoms with Crippen LogP contribution >= 0.6 is 0 Å². The predicted molar refractivity (Wildman–Crippen MR) is 85.6 cm³/mol. The maximum atomic E-state index is 13.1. The molecule has 122 valence electrons. The van der Waals surface area contributed by atoms with Crippen molar-refractivity contribution in [3.05, 3.63) is 59.7 Å². The lowest BCUT2D eigenvalue weighted by molar-refractivity contribution is -0.122. The number of halogens is 2. The van der Waals surface area contributed by atoms with Gasteiger partial charge in [0, 0.05) is 11.8 Å². The molecular weight excluding hydrogens is 300 g/mol. The number of rotatable bonds is 5. The van der Waals surface area contributed by atoms with E-state index >= 15 is 0 Å². The molecule has 1 atom stereocenters. The van der Waals surface area contributed by atoms with E-state index in [-0.39, 0.29) is 11.7 Å². The van der Waals surface area contributed by atoms with Gasteiger partial charge in [0.15, 0.2) is 17.7 Å². The van der Waals surface area contributed by atoms with Crippen LogP contribution in [0.25, 0.3) is 0 Å². The molecule has 0 saturated heterocycles. The Morgan fingerprint density at radius 3 is 2.22 bits per heavy atom. The first-order valence-electron chi connectivity index (χ1n) is 7.39. The third kappa shape index (κ3) is 4.52. The topological polar surface area (TPSA) is 38.3 Å². The average Bonchev–Trinajstić information content (AvgIpc) is 2.51. The number of hydrogen-bond donors (Lipinski definition) is 1. The molecular formula is C18H19F2NO2. The third-order valence-electron chi connectivity index (χ3n) is 3.42. The Bertz CT molecular complexity index is 684. The number of benzene rings is 2. The van der Waals surface area contributed by atoms with Crippen molar-refractivity contribution in [2.24, 2.45) is 0 Å². The molecule has 3 nitrogen and oxygen atoms in total. The third-order valence-corrected chi connectivity index (χ3v) is 3.42.